The molecule has 0 spiro atoms. The van der Waals surface area contributed by atoms with Gasteiger partial charge >= 0.3 is 0 Å². The van der Waals surface area contributed by atoms with Gasteiger partial charge in [-0.2, -0.15) is 0 Å². The minimum absolute atomic E-state index is 0.0559. The second-order valence-electron chi connectivity index (χ2n) is 6.08. The lowest BCUT2D eigenvalue weighted by Crippen LogP contribution is -2.45. The van der Waals surface area contributed by atoms with Gasteiger partial charge in [-0.25, -0.2) is 0 Å². The number of nitrogens with zero attached hydrogens (tertiary/aromatic N) is 1. The summed E-state index contributed by atoms with van der Waals surface area (Å²) in [6.45, 7) is 6.82. The Hall–Kier alpha value is -2.66. The van der Waals surface area contributed by atoms with Gasteiger partial charge in [0.2, 0.25) is 5.91 Å². The van der Waals surface area contributed by atoms with Crippen molar-refractivity contribution in [3.05, 3.63) is 65.7 Å². The first-order valence-corrected chi connectivity index (χ1v) is 8.45. The summed E-state index contributed by atoms with van der Waals surface area (Å²) in [6.07, 6.45) is 0. The minimum atomic E-state index is -1.17. The third-order valence-corrected chi connectivity index (χ3v) is 4.26. The molecular formula is C20H25N3O2. The van der Waals surface area contributed by atoms with E-state index < -0.39 is 5.54 Å². The summed E-state index contributed by atoms with van der Waals surface area (Å²) >= 11 is 0. The maximum Gasteiger partial charge on any atom is 0.253 e. The molecule has 5 heteroatoms. The molecule has 0 saturated heterocycles. The molecule has 25 heavy (non-hydrogen) atoms. The Balaban J connectivity index is 2.19. The average molecular weight is 339 g/mol. The fourth-order valence-corrected chi connectivity index (χ4v) is 2.60. The van der Waals surface area contributed by atoms with Gasteiger partial charge in [0.05, 0.1) is 0 Å². The number of carbonyl (C=O) groups is 2. The predicted octanol–water partition coefficient (Wildman–Crippen LogP) is 2.98. The number of hydrogen-bond acceptors (Lipinski definition) is 3. The summed E-state index contributed by atoms with van der Waals surface area (Å²) in [5.74, 6) is -0.384. The normalized spacial score (nSPS) is 13.0. The van der Waals surface area contributed by atoms with E-state index in [0.29, 0.717) is 24.3 Å². The molecule has 132 valence electrons. The molecular weight excluding hydrogens is 314 g/mol. The van der Waals surface area contributed by atoms with Crippen molar-refractivity contribution in [1.82, 2.24) is 4.90 Å². The molecule has 3 N–H and O–H groups in total. The van der Waals surface area contributed by atoms with Crippen LogP contribution in [0, 0.1) is 0 Å². The molecule has 1 atom stereocenters. The quantitative estimate of drug-likeness (QED) is 0.849. The molecule has 2 aromatic carbocycles. The van der Waals surface area contributed by atoms with Gasteiger partial charge in [-0.3, -0.25) is 9.59 Å². The minimum Gasteiger partial charge on any atom is -0.339 e. The Kier molecular flexibility index (Phi) is 5.93. The molecule has 2 rings (SSSR count). The van der Waals surface area contributed by atoms with Crippen molar-refractivity contribution in [2.24, 2.45) is 5.73 Å². The van der Waals surface area contributed by atoms with E-state index in [4.69, 9.17) is 5.73 Å². The molecule has 0 bridgehead atoms. The van der Waals surface area contributed by atoms with Gasteiger partial charge in [-0.05, 0) is 44.5 Å². The van der Waals surface area contributed by atoms with Gasteiger partial charge in [-0.1, -0.05) is 36.4 Å². The molecule has 0 heterocycles. The maximum atomic E-state index is 12.6. The number of benzene rings is 2. The van der Waals surface area contributed by atoms with Crippen molar-refractivity contribution in [3.63, 3.8) is 0 Å². The topological polar surface area (TPSA) is 75.4 Å². The first-order valence-electron chi connectivity index (χ1n) is 8.45. The van der Waals surface area contributed by atoms with Crippen LogP contribution in [0.25, 0.3) is 0 Å². The summed E-state index contributed by atoms with van der Waals surface area (Å²) < 4.78 is 0. The SMILES string of the molecule is CCN(CC)C(=O)c1cccc(NC(=O)C(C)(N)c2ccccc2)c1. The molecule has 2 aromatic rings. The Morgan fingerprint density at radius 2 is 1.68 bits per heavy atom. The highest BCUT2D eigenvalue weighted by atomic mass is 16.2. The highest BCUT2D eigenvalue weighted by Crippen LogP contribution is 2.21. The van der Waals surface area contributed by atoms with Crippen molar-refractivity contribution in [2.45, 2.75) is 26.3 Å². The van der Waals surface area contributed by atoms with Crippen molar-refractivity contribution in [1.29, 1.82) is 0 Å². The van der Waals surface area contributed by atoms with Gasteiger partial charge in [0.1, 0.15) is 5.54 Å². The van der Waals surface area contributed by atoms with Gasteiger partial charge in [0.25, 0.3) is 5.91 Å². The number of rotatable bonds is 6. The molecule has 0 saturated carbocycles. The van der Waals surface area contributed by atoms with Crippen LogP contribution >= 0.6 is 0 Å². The Bertz CT molecular complexity index is 738. The Labute approximate surface area is 148 Å². The van der Waals surface area contributed by atoms with E-state index in [2.05, 4.69) is 5.32 Å². The third-order valence-electron chi connectivity index (χ3n) is 4.26. The van der Waals surface area contributed by atoms with E-state index in [1.807, 2.05) is 44.2 Å². The fourth-order valence-electron chi connectivity index (χ4n) is 2.60. The van der Waals surface area contributed by atoms with Crippen molar-refractivity contribution in [2.75, 3.05) is 18.4 Å². The lowest BCUT2D eigenvalue weighted by atomic mass is 9.92. The summed E-state index contributed by atoms with van der Waals surface area (Å²) in [5, 5.41) is 2.82. The van der Waals surface area contributed by atoms with E-state index in [1.165, 1.54) is 0 Å². The first kappa shape index (κ1) is 18.7. The monoisotopic (exact) mass is 339 g/mol. The number of anilines is 1. The third kappa shape index (κ3) is 4.25. The average Bonchev–Trinajstić information content (AvgIpc) is 2.63. The van der Waals surface area contributed by atoms with Crippen molar-refractivity contribution >= 4 is 17.5 Å². The number of hydrogen-bond donors (Lipinski definition) is 2. The number of nitrogens with one attached hydrogen (secondary N) is 1. The summed E-state index contributed by atoms with van der Waals surface area (Å²) in [7, 11) is 0. The second kappa shape index (κ2) is 7.94. The largest absolute Gasteiger partial charge is 0.339 e. The summed E-state index contributed by atoms with van der Waals surface area (Å²) in [5.41, 5.74) is 6.88. The lowest BCUT2D eigenvalue weighted by molar-refractivity contribution is -0.120. The standard InChI is InChI=1S/C20H25N3O2/c1-4-23(5-2)18(24)15-10-9-13-17(14-15)22-19(25)20(3,21)16-11-7-6-8-12-16/h6-14H,4-5,21H2,1-3H3,(H,22,25). The van der Waals surface area contributed by atoms with E-state index in [0.717, 1.165) is 5.56 Å². The van der Waals surface area contributed by atoms with E-state index in [1.54, 1.807) is 36.1 Å². The van der Waals surface area contributed by atoms with E-state index in [-0.39, 0.29) is 11.8 Å². The molecule has 5 nitrogen and oxygen atoms in total. The van der Waals surface area contributed by atoms with Crippen LogP contribution in [0.15, 0.2) is 54.6 Å². The smallest absolute Gasteiger partial charge is 0.253 e. The lowest BCUT2D eigenvalue weighted by Gasteiger charge is -2.24. The molecule has 0 aromatic heterocycles. The van der Waals surface area contributed by atoms with Gasteiger partial charge in [-0.15, -0.1) is 0 Å². The zero-order valence-electron chi connectivity index (χ0n) is 15.0. The highest BCUT2D eigenvalue weighted by Gasteiger charge is 2.30. The van der Waals surface area contributed by atoms with Crippen LogP contribution in [0.4, 0.5) is 5.69 Å². The van der Waals surface area contributed by atoms with Crippen LogP contribution in [0.5, 0.6) is 0 Å². The second-order valence-corrected chi connectivity index (χ2v) is 6.08. The van der Waals surface area contributed by atoms with Crippen molar-refractivity contribution < 1.29 is 9.59 Å². The van der Waals surface area contributed by atoms with Gasteiger partial charge < -0.3 is 16.0 Å². The molecule has 0 aliphatic rings. The first-order chi connectivity index (χ1) is 11.9. The number of nitrogens with two attached hydrogens (primary N) is 1. The zero-order valence-corrected chi connectivity index (χ0v) is 15.0. The van der Waals surface area contributed by atoms with Crippen LogP contribution in [0.3, 0.4) is 0 Å². The van der Waals surface area contributed by atoms with Gasteiger partial charge in [0.15, 0.2) is 0 Å². The Morgan fingerprint density at radius 3 is 2.28 bits per heavy atom. The zero-order chi connectivity index (χ0) is 18.4. The van der Waals surface area contributed by atoms with Crippen LogP contribution in [0.1, 0.15) is 36.7 Å². The Morgan fingerprint density at radius 1 is 1.04 bits per heavy atom. The molecule has 0 radical (unpaired) electrons. The van der Waals surface area contributed by atoms with E-state index >= 15 is 0 Å². The fraction of sp³-hybridized carbons (Fsp3) is 0.300. The molecule has 2 amide bonds. The van der Waals surface area contributed by atoms with Crippen LogP contribution in [-0.2, 0) is 10.3 Å². The molecule has 0 fully saturated rings. The van der Waals surface area contributed by atoms with Crippen LogP contribution in [0.2, 0.25) is 0 Å². The van der Waals surface area contributed by atoms with Gasteiger partial charge in [0, 0.05) is 24.3 Å². The molecule has 0 aliphatic carbocycles. The van der Waals surface area contributed by atoms with Crippen LogP contribution < -0.4 is 11.1 Å². The summed E-state index contributed by atoms with van der Waals surface area (Å²) in [4.78, 5) is 26.8. The molecule has 1 unspecified atom stereocenters. The summed E-state index contributed by atoms with van der Waals surface area (Å²) in [6, 6.07) is 16.1. The predicted molar refractivity (Wildman–Crippen MR) is 100 cm³/mol. The van der Waals surface area contributed by atoms with E-state index in [9.17, 15) is 9.59 Å². The van der Waals surface area contributed by atoms with Crippen LogP contribution in [-0.4, -0.2) is 29.8 Å². The number of carbonyl (C=O) groups excluding carboxylic acids is 2. The number of amides is 2. The highest BCUT2D eigenvalue weighted by molar-refractivity contribution is 6.00. The van der Waals surface area contributed by atoms with Crippen molar-refractivity contribution in [3.8, 4) is 0 Å². The maximum absolute atomic E-state index is 12.6. The molecule has 0 aliphatic heterocycles.